The molecule has 0 spiro atoms. The van der Waals surface area contributed by atoms with Gasteiger partial charge in [-0.2, -0.15) is 0 Å². The van der Waals surface area contributed by atoms with Crippen LogP contribution in [-0.4, -0.2) is 32.4 Å². The fourth-order valence-electron chi connectivity index (χ4n) is 4.39. The summed E-state index contributed by atoms with van der Waals surface area (Å²) in [6, 6.07) is 14.7. The molecule has 4 nitrogen and oxygen atoms in total. The predicted molar refractivity (Wildman–Crippen MR) is 188 cm³/mol. The normalized spacial score (nSPS) is 11.3. The van der Waals surface area contributed by atoms with Crippen LogP contribution in [0.3, 0.4) is 0 Å². The zero-order valence-electron chi connectivity index (χ0n) is 26.6. The van der Waals surface area contributed by atoms with Crippen LogP contribution in [0.4, 0.5) is 0 Å². The number of hydrogen-bond donors (Lipinski definition) is 4. The Hall–Kier alpha value is -4.35. The van der Waals surface area contributed by atoms with E-state index < -0.39 is 0 Å². The molecule has 0 aromatic heterocycles. The van der Waals surface area contributed by atoms with Crippen LogP contribution in [0.15, 0.2) is 90.7 Å². The van der Waals surface area contributed by atoms with E-state index in [1.54, 1.807) is 6.20 Å². The summed E-state index contributed by atoms with van der Waals surface area (Å²) in [4.78, 5) is 0. The van der Waals surface area contributed by atoms with Crippen LogP contribution in [0.1, 0.15) is 67.9 Å². The number of benzene rings is 2. The van der Waals surface area contributed by atoms with Crippen molar-refractivity contribution in [2.75, 3.05) is 26.2 Å². The Labute approximate surface area is 260 Å². The van der Waals surface area contributed by atoms with Gasteiger partial charge >= 0.3 is 0 Å². The van der Waals surface area contributed by atoms with Crippen LogP contribution in [0.5, 0.6) is 0 Å². The van der Waals surface area contributed by atoms with Gasteiger partial charge in [0.25, 0.3) is 0 Å². The third-order valence-electron chi connectivity index (χ3n) is 7.09. The second kappa shape index (κ2) is 19.0. The van der Waals surface area contributed by atoms with Crippen molar-refractivity contribution in [2.24, 2.45) is 5.73 Å². The lowest BCUT2D eigenvalue weighted by Gasteiger charge is -2.13. The van der Waals surface area contributed by atoms with Crippen molar-refractivity contribution >= 4 is 17.4 Å². The molecule has 0 saturated carbocycles. The first-order chi connectivity index (χ1) is 20.7. The third-order valence-corrected chi connectivity index (χ3v) is 7.09. The first-order valence-corrected chi connectivity index (χ1v) is 15.1. The van der Waals surface area contributed by atoms with Crippen LogP contribution in [0.25, 0.3) is 11.1 Å². The summed E-state index contributed by atoms with van der Waals surface area (Å²) >= 11 is 0. The molecular weight excluding hydrogens is 524 g/mol. The number of aryl methyl sites for hydroxylation is 2. The second-order valence-corrected chi connectivity index (χ2v) is 10.5. The molecule has 0 amide bonds. The van der Waals surface area contributed by atoms with E-state index in [0.717, 1.165) is 84.3 Å². The summed E-state index contributed by atoms with van der Waals surface area (Å²) in [5, 5.41) is 14.4. The van der Waals surface area contributed by atoms with E-state index >= 15 is 0 Å². The van der Waals surface area contributed by atoms with Gasteiger partial charge in [-0.3, -0.25) is 0 Å². The number of nitrogens with one attached hydrogen (secondary N) is 3. The lowest BCUT2D eigenvalue weighted by atomic mass is 9.92. The van der Waals surface area contributed by atoms with Crippen LogP contribution in [-0.2, 0) is 6.42 Å². The van der Waals surface area contributed by atoms with Gasteiger partial charge in [0, 0.05) is 49.6 Å². The quantitative estimate of drug-likeness (QED) is 0.0779. The molecule has 0 unspecified atom stereocenters. The second-order valence-electron chi connectivity index (χ2n) is 10.5. The van der Waals surface area contributed by atoms with E-state index in [0.29, 0.717) is 5.57 Å². The van der Waals surface area contributed by atoms with Crippen LogP contribution in [0.2, 0.25) is 0 Å². The Morgan fingerprint density at radius 1 is 1.05 bits per heavy atom. The van der Waals surface area contributed by atoms with Gasteiger partial charge in [-0.05, 0) is 84.3 Å². The van der Waals surface area contributed by atoms with Crippen molar-refractivity contribution < 1.29 is 0 Å². The molecule has 224 valence electrons. The average Bonchev–Trinajstić information content (AvgIpc) is 3.02. The minimum atomic E-state index is 0.282. The standard InChI is InChI=1S/C39H48N4/c1-8-13-37-24-34(18-22-39(37)30(4)27-42-9-2)14-11-10-12-23-43-28-35(25-40)17-21-38(26-41)33(7)31(5)32(6)36-19-15-29(3)16-20-36/h15-16,18-20,22,24-25,28,40,42-43H,4-6,8-10,12-13,23,26-27,41H2,1-3,7H3/b35-28-,38-33-,40-25?. The van der Waals surface area contributed by atoms with Gasteiger partial charge in [-0.15, -0.1) is 0 Å². The number of rotatable bonds is 15. The zero-order valence-corrected chi connectivity index (χ0v) is 26.6. The van der Waals surface area contributed by atoms with Gasteiger partial charge in [0.1, 0.15) is 0 Å². The van der Waals surface area contributed by atoms with Gasteiger partial charge < -0.3 is 21.8 Å². The number of nitrogens with two attached hydrogens (primary N) is 1. The molecule has 4 heteroatoms. The predicted octanol–water partition coefficient (Wildman–Crippen LogP) is 7.37. The van der Waals surface area contributed by atoms with E-state index in [4.69, 9.17) is 11.1 Å². The van der Waals surface area contributed by atoms with E-state index in [9.17, 15) is 0 Å². The maximum Gasteiger partial charge on any atom is 0.0581 e. The lowest BCUT2D eigenvalue weighted by Crippen LogP contribution is -2.15. The van der Waals surface area contributed by atoms with E-state index in [1.165, 1.54) is 22.9 Å². The highest BCUT2D eigenvalue weighted by molar-refractivity contribution is 5.84. The molecule has 43 heavy (non-hydrogen) atoms. The molecule has 0 atom stereocenters. The Bertz CT molecular complexity index is 1480. The molecule has 2 rings (SSSR count). The van der Waals surface area contributed by atoms with E-state index in [-0.39, 0.29) is 6.54 Å². The molecule has 0 heterocycles. The fourth-order valence-corrected chi connectivity index (χ4v) is 4.39. The molecule has 0 aliphatic heterocycles. The Kier molecular flexibility index (Phi) is 15.4. The molecule has 0 bridgehead atoms. The van der Waals surface area contributed by atoms with Crippen LogP contribution >= 0.6 is 0 Å². The van der Waals surface area contributed by atoms with E-state index in [2.05, 4.69) is 105 Å². The van der Waals surface area contributed by atoms with Crippen molar-refractivity contribution in [2.45, 2.75) is 53.4 Å². The highest BCUT2D eigenvalue weighted by Gasteiger charge is 2.09. The molecular formula is C39H48N4. The van der Waals surface area contributed by atoms with Crippen LogP contribution < -0.4 is 16.4 Å². The summed E-state index contributed by atoms with van der Waals surface area (Å²) in [5.41, 5.74) is 16.9. The summed E-state index contributed by atoms with van der Waals surface area (Å²) < 4.78 is 0. The minimum absolute atomic E-state index is 0.282. The number of unbranched alkanes of at least 4 members (excludes halogenated alkanes) is 1. The van der Waals surface area contributed by atoms with Gasteiger partial charge in [-0.25, -0.2) is 0 Å². The molecule has 0 fully saturated rings. The topological polar surface area (TPSA) is 73.9 Å². The minimum Gasteiger partial charge on any atom is -0.390 e. The highest BCUT2D eigenvalue weighted by atomic mass is 14.8. The molecule has 5 N–H and O–H groups in total. The van der Waals surface area contributed by atoms with E-state index in [1.807, 2.05) is 19.1 Å². The highest BCUT2D eigenvalue weighted by Crippen LogP contribution is 2.27. The first kappa shape index (κ1) is 34.8. The SMILES string of the molecule is C=C(C(=C)c1ccc(C)cc1)/C(C)=C(/C#C/C(C=N)=C/NCCCC#Cc1ccc(C(=C)CNCC)c(CCC)c1)CN. The lowest BCUT2D eigenvalue weighted by molar-refractivity contribution is 0.772. The number of likely N-dealkylation sites (N-methyl/N-ethyl adjacent to an activating group) is 1. The zero-order chi connectivity index (χ0) is 31.6. The summed E-state index contributed by atoms with van der Waals surface area (Å²) in [6.07, 6.45) is 6.78. The molecule has 2 aromatic carbocycles. The van der Waals surface area contributed by atoms with Gasteiger partial charge in [0.15, 0.2) is 0 Å². The first-order valence-electron chi connectivity index (χ1n) is 15.1. The van der Waals surface area contributed by atoms with Crippen molar-refractivity contribution in [3.05, 3.63) is 119 Å². The van der Waals surface area contributed by atoms with Crippen molar-refractivity contribution in [1.29, 1.82) is 5.41 Å². The van der Waals surface area contributed by atoms with Crippen LogP contribution in [0, 0.1) is 36.0 Å². The van der Waals surface area contributed by atoms with Gasteiger partial charge in [-0.1, -0.05) is 99.6 Å². The molecule has 0 radical (unpaired) electrons. The summed E-state index contributed by atoms with van der Waals surface area (Å²) in [7, 11) is 0. The smallest absolute Gasteiger partial charge is 0.0581 e. The maximum absolute atomic E-state index is 7.77. The third kappa shape index (κ3) is 11.4. The molecule has 0 aliphatic rings. The monoisotopic (exact) mass is 572 g/mol. The summed E-state index contributed by atoms with van der Waals surface area (Å²) in [5.74, 6) is 12.8. The molecule has 2 aromatic rings. The number of hydrogen-bond acceptors (Lipinski definition) is 4. The van der Waals surface area contributed by atoms with Crippen molar-refractivity contribution in [1.82, 2.24) is 10.6 Å². The Morgan fingerprint density at radius 2 is 1.79 bits per heavy atom. The van der Waals surface area contributed by atoms with Gasteiger partial charge in [0.2, 0.25) is 0 Å². The summed E-state index contributed by atoms with van der Waals surface area (Å²) in [6.45, 7) is 23.8. The van der Waals surface area contributed by atoms with Crippen molar-refractivity contribution in [3.8, 4) is 23.7 Å². The number of allylic oxidation sites excluding steroid dienone is 4. The van der Waals surface area contributed by atoms with Gasteiger partial charge in [0.05, 0.1) is 5.57 Å². The maximum atomic E-state index is 7.77. The molecule has 0 aliphatic carbocycles. The molecule has 0 saturated heterocycles. The largest absolute Gasteiger partial charge is 0.390 e. The Morgan fingerprint density at radius 3 is 2.44 bits per heavy atom. The van der Waals surface area contributed by atoms with Crippen molar-refractivity contribution in [3.63, 3.8) is 0 Å². The Balaban J connectivity index is 1.96. The average molecular weight is 573 g/mol. The fraction of sp³-hybridized carbons (Fsp3) is 0.308.